The van der Waals surface area contributed by atoms with Crippen molar-refractivity contribution in [1.29, 1.82) is 0 Å². The van der Waals surface area contributed by atoms with Crippen molar-refractivity contribution in [1.82, 2.24) is 0 Å². The molecule has 0 unspecified atom stereocenters. The smallest absolute Gasteiger partial charge is 0.257 e. The molecule has 0 aliphatic heterocycles. The predicted octanol–water partition coefficient (Wildman–Crippen LogP) is 5.13. The molecule has 4 rings (SSSR count). The van der Waals surface area contributed by atoms with E-state index >= 15 is 0 Å². The topological polar surface area (TPSA) is 109 Å². The number of amides is 2. The monoisotopic (exact) mass is 512 g/mol. The molecule has 0 spiro atoms. The van der Waals surface area contributed by atoms with Gasteiger partial charge in [0.25, 0.3) is 11.8 Å². The second kappa shape index (κ2) is 10.6. The number of aryl methyl sites for hydroxylation is 1. The van der Waals surface area contributed by atoms with Crippen molar-refractivity contribution in [2.45, 2.75) is 11.8 Å². The number of nitrogens with one attached hydrogen (secondary N) is 2. The van der Waals surface area contributed by atoms with Gasteiger partial charge in [0.1, 0.15) is 0 Å². The maximum absolute atomic E-state index is 13.3. The summed E-state index contributed by atoms with van der Waals surface area (Å²) in [6.45, 7) is 1.86. The number of carbonyl (C=O) groups excluding carboxylic acids is 3. The summed E-state index contributed by atoms with van der Waals surface area (Å²) in [6.07, 6.45) is 1.06. The summed E-state index contributed by atoms with van der Waals surface area (Å²) < 4.78 is 23.7. The first-order valence-electron chi connectivity index (χ1n) is 11.4. The van der Waals surface area contributed by atoms with E-state index < -0.39 is 21.7 Å². The lowest BCUT2D eigenvalue weighted by Gasteiger charge is -2.14. The first kappa shape index (κ1) is 25.5. The number of rotatable bonds is 7. The summed E-state index contributed by atoms with van der Waals surface area (Å²) >= 11 is 0. The van der Waals surface area contributed by atoms with Crippen molar-refractivity contribution in [2.24, 2.45) is 0 Å². The van der Waals surface area contributed by atoms with Crippen LogP contribution in [0.25, 0.3) is 0 Å². The lowest BCUT2D eigenvalue weighted by molar-refractivity contribution is 0.102. The van der Waals surface area contributed by atoms with Gasteiger partial charge in [-0.15, -0.1) is 0 Å². The molecule has 0 atom stereocenters. The van der Waals surface area contributed by atoms with Crippen molar-refractivity contribution in [3.05, 3.63) is 125 Å². The van der Waals surface area contributed by atoms with E-state index in [0.717, 1.165) is 11.8 Å². The Hall–Kier alpha value is -4.56. The van der Waals surface area contributed by atoms with Gasteiger partial charge in [0.2, 0.25) is 0 Å². The molecule has 0 fully saturated rings. The second-order valence-corrected chi connectivity index (χ2v) is 10.5. The van der Waals surface area contributed by atoms with Crippen LogP contribution >= 0.6 is 0 Å². The third-order valence-corrected chi connectivity index (χ3v) is 6.76. The van der Waals surface area contributed by atoms with Crippen LogP contribution in [0.2, 0.25) is 0 Å². The first-order chi connectivity index (χ1) is 17.6. The van der Waals surface area contributed by atoms with Crippen LogP contribution in [0.15, 0.2) is 102 Å². The number of hydrogen-bond donors (Lipinski definition) is 2. The van der Waals surface area contributed by atoms with Crippen LogP contribution in [-0.2, 0) is 9.84 Å². The Kier molecular flexibility index (Phi) is 7.31. The van der Waals surface area contributed by atoms with Gasteiger partial charge in [-0.25, -0.2) is 8.42 Å². The summed E-state index contributed by atoms with van der Waals surface area (Å²) in [5.41, 5.74) is 2.58. The fraction of sp³-hybridized carbons (Fsp3) is 0.0690. The molecule has 2 N–H and O–H groups in total. The van der Waals surface area contributed by atoms with E-state index in [4.69, 9.17) is 0 Å². The highest BCUT2D eigenvalue weighted by Gasteiger charge is 2.19. The van der Waals surface area contributed by atoms with Gasteiger partial charge >= 0.3 is 0 Å². The van der Waals surface area contributed by atoms with Crippen molar-refractivity contribution in [2.75, 3.05) is 16.9 Å². The predicted molar refractivity (Wildman–Crippen MR) is 143 cm³/mol. The Labute approximate surface area is 215 Å². The highest BCUT2D eigenvalue weighted by molar-refractivity contribution is 7.90. The molecule has 0 saturated carbocycles. The molecule has 0 aliphatic rings. The lowest BCUT2D eigenvalue weighted by Crippen LogP contribution is -2.19. The molecule has 0 aromatic heterocycles. The SMILES string of the molecule is Cc1ccc(NC(=O)c2ccccc2NC(=O)c2cccc(S(C)(=O)=O)c2)c(C(=O)c2ccccc2)c1. The Morgan fingerprint density at radius 2 is 1.24 bits per heavy atom. The van der Waals surface area contributed by atoms with Gasteiger partial charge in [-0.05, 0) is 49.4 Å². The fourth-order valence-corrected chi connectivity index (χ4v) is 4.41. The third kappa shape index (κ3) is 5.99. The molecule has 0 heterocycles. The van der Waals surface area contributed by atoms with Crippen LogP contribution in [0.3, 0.4) is 0 Å². The van der Waals surface area contributed by atoms with E-state index in [1.807, 2.05) is 13.0 Å². The standard InChI is InChI=1S/C29H24N2O5S/c1-19-15-16-26(24(17-19)27(32)20-9-4-3-5-10-20)31-29(34)23-13-6-7-14-25(23)30-28(33)21-11-8-12-22(18-21)37(2,35)36/h3-18H,1-2H3,(H,30,33)(H,31,34). The van der Waals surface area contributed by atoms with Crippen molar-refractivity contribution in [3.63, 3.8) is 0 Å². The van der Waals surface area contributed by atoms with Gasteiger partial charge in [-0.2, -0.15) is 0 Å². The number of benzene rings is 4. The minimum Gasteiger partial charge on any atom is -0.321 e. The molecule has 4 aromatic carbocycles. The maximum Gasteiger partial charge on any atom is 0.257 e. The van der Waals surface area contributed by atoms with Crippen LogP contribution in [-0.4, -0.2) is 32.3 Å². The van der Waals surface area contributed by atoms with Gasteiger partial charge in [0.15, 0.2) is 15.6 Å². The number of ketones is 1. The van der Waals surface area contributed by atoms with Crippen LogP contribution in [0.4, 0.5) is 11.4 Å². The number of para-hydroxylation sites is 1. The minimum absolute atomic E-state index is 0.0150. The average Bonchev–Trinajstić information content (AvgIpc) is 2.89. The molecule has 37 heavy (non-hydrogen) atoms. The summed E-state index contributed by atoms with van der Waals surface area (Å²) in [4.78, 5) is 39.3. The van der Waals surface area contributed by atoms with Crippen LogP contribution in [0, 0.1) is 6.92 Å². The zero-order valence-electron chi connectivity index (χ0n) is 20.2. The van der Waals surface area contributed by atoms with Gasteiger partial charge < -0.3 is 10.6 Å². The molecule has 8 heteroatoms. The fourth-order valence-electron chi connectivity index (χ4n) is 3.74. The Balaban J connectivity index is 1.61. The number of carbonyl (C=O) groups is 3. The van der Waals surface area contributed by atoms with Gasteiger partial charge in [0.05, 0.1) is 21.8 Å². The van der Waals surface area contributed by atoms with Crippen LogP contribution < -0.4 is 10.6 Å². The number of sulfone groups is 1. The molecule has 0 saturated heterocycles. The quantitative estimate of drug-likeness (QED) is 0.334. The molecule has 0 radical (unpaired) electrons. The van der Waals surface area contributed by atoms with Gasteiger partial charge in [0, 0.05) is 22.9 Å². The molecular weight excluding hydrogens is 488 g/mol. The molecule has 0 aliphatic carbocycles. The normalized spacial score (nSPS) is 11.0. The number of hydrogen-bond acceptors (Lipinski definition) is 5. The van der Waals surface area contributed by atoms with E-state index in [-0.39, 0.29) is 27.5 Å². The number of anilines is 2. The highest BCUT2D eigenvalue weighted by atomic mass is 32.2. The Morgan fingerprint density at radius 1 is 0.622 bits per heavy atom. The van der Waals surface area contributed by atoms with E-state index in [9.17, 15) is 22.8 Å². The highest BCUT2D eigenvalue weighted by Crippen LogP contribution is 2.24. The average molecular weight is 513 g/mol. The molecule has 2 amide bonds. The van der Waals surface area contributed by atoms with Crippen molar-refractivity contribution >= 4 is 38.8 Å². The minimum atomic E-state index is -3.49. The van der Waals surface area contributed by atoms with Crippen molar-refractivity contribution in [3.8, 4) is 0 Å². The van der Waals surface area contributed by atoms with E-state index in [0.29, 0.717) is 16.8 Å². The largest absolute Gasteiger partial charge is 0.321 e. The summed E-state index contributed by atoms with van der Waals surface area (Å²) in [6, 6.07) is 26.0. The van der Waals surface area contributed by atoms with Gasteiger partial charge in [-0.1, -0.05) is 60.2 Å². The third-order valence-electron chi connectivity index (χ3n) is 5.65. The molecule has 186 valence electrons. The summed E-state index contributed by atoms with van der Waals surface area (Å²) in [5, 5.41) is 5.48. The second-order valence-electron chi connectivity index (χ2n) is 8.50. The summed E-state index contributed by atoms with van der Waals surface area (Å²) in [7, 11) is -3.49. The first-order valence-corrected chi connectivity index (χ1v) is 13.2. The molecule has 7 nitrogen and oxygen atoms in total. The zero-order chi connectivity index (χ0) is 26.6. The van der Waals surface area contributed by atoms with E-state index in [2.05, 4.69) is 10.6 Å². The van der Waals surface area contributed by atoms with Crippen LogP contribution in [0.1, 0.15) is 42.2 Å². The lowest BCUT2D eigenvalue weighted by atomic mass is 9.99. The molecule has 0 bridgehead atoms. The molecule has 4 aromatic rings. The van der Waals surface area contributed by atoms with Gasteiger partial charge in [-0.3, -0.25) is 14.4 Å². The van der Waals surface area contributed by atoms with Crippen LogP contribution in [0.5, 0.6) is 0 Å². The Morgan fingerprint density at radius 3 is 1.97 bits per heavy atom. The maximum atomic E-state index is 13.3. The van der Waals surface area contributed by atoms with Crippen molar-refractivity contribution < 1.29 is 22.8 Å². The molecular formula is C29H24N2O5S. The zero-order valence-corrected chi connectivity index (χ0v) is 21.0. The summed E-state index contributed by atoms with van der Waals surface area (Å²) in [5.74, 6) is -1.32. The van der Waals surface area contributed by atoms with E-state index in [1.54, 1.807) is 66.7 Å². The Bertz CT molecular complexity index is 1610. The van der Waals surface area contributed by atoms with E-state index in [1.165, 1.54) is 24.3 Å².